The molecule has 3 aliphatic carbocycles. The lowest BCUT2D eigenvalue weighted by atomic mass is 9.72. The Kier molecular flexibility index (Phi) is 2.51. The van der Waals surface area contributed by atoms with Gasteiger partial charge < -0.3 is 15.3 Å². The van der Waals surface area contributed by atoms with Gasteiger partial charge in [-0.05, 0) is 61.7 Å². The minimum atomic E-state index is -0.964. The van der Waals surface area contributed by atoms with Crippen LogP contribution in [0.4, 0.5) is 0 Å². The first-order valence-corrected chi connectivity index (χ1v) is 7.30. The van der Waals surface area contributed by atoms with Crippen LogP contribution < -0.4 is 0 Å². The van der Waals surface area contributed by atoms with Crippen molar-refractivity contribution in [3.05, 3.63) is 0 Å². The zero-order chi connectivity index (χ0) is 13.3. The summed E-state index contributed by atoms with van der Waals surface area (Å²) in [4.78, 5) is 0. The highest BCUT2D eigenvalue weighted by Gasteiger charge is 2.70. The second kappa shape index (κ2) is 3.50. The molecule has 0 bridgehead atoms. The number of hydrogen-bond acceptors (Lipinski definition) is 3. The maximum Gasteiger partial charge on any atom is 0.0909 e. The van der Waals surface area contributed by atoms with E-state index in [1.807, 2.05) is 6.92 Å². The van der Waals surface area contributed by atoms with Crippen molar-refractivity contribution in [2.45, 2.75) is 57.7 Å². The molecule has 0 aromatic rings. The topological polar surface area (TPSA) is 60.7 Å². The Hall–Kier alpha value is -0.120. The third kappa shape index (κ3) is 1.47. The van der Waals surface area contributed by atoms with Crippen molar-refractivity contribution in [3.63, 3.8) is 0 Å². The van der Waals surface area contributed by atoms with Gasteiger partial charge in [0, 0.05) is 0 Å². The predicted molar refractivity (Wildman–Crippen MR) is 68.9 cm³/mol. The van der Waals surface area contributed by atoms with Crippen molar-refractivity contribution in [2.75, 3.05) is 6.61 Å². The second-order valence-electron chi connectivity index (χ2n) is 7.78. The van der Waals surface area contributed by atoms with Crippen LogP contribution in [0.2, 0.25) is 0 Å². The number of fused-ring (bicyclic) bond motifs is 3. The molecule has 6 unspecified atom stereocenters. The standard InChI is InChI=1S/C15H26O3/c1-13(2)9-5-7-15(18,8-16)10-4-6-14(3,17)12(10)11(9)13/h9-12,16-18H,4-8H2,1-3H3. The molecule has 18 heavy (non-hydrogen) atoms. The maximum absolute atomic E-state index is 10.7. The quantitative estimate of drug-likeness (QED) is 0.665. The van der Waals surface area contributed by atoms with Crippen LogP contribution in [0.3, 0.4) is 0 Å². The van der Waals surface area contributed by atoms with E-state index in [-0.39, 0.29) is 18.4 Å². The van der Waals surface area contributed by atoms with Crippen molar-refractivity contribution < 1.29 is 15.3 Å². The van der Waals surface area contributed by atoms with Crippen molar-refractivity contribution in [1.29, 1.82) is 0 Å². The molecule has 3 heteroatoms. The highest BCUT2D eigenvalue weighted by molar-refractivity contribution is 5.18. The van der Waals surface area contributed by atoms with Crippen LogP contribution in [0.15, 0.2) is 0 Å². The third-order valence-corrected chi connectivity index (χ3v) is 6.49. The molecule has 0 spiro atoms. The molecule has 0 radical (unpaired) electrons. The van der Waals surface area contributed by atoms with Gasteiger partial charge in [-0.3, -0.25) is 0 Å². The summed E-state index contributed by atoms with van der Waals surface area (Å²) in [5.41, 5.74) is -1.34. The summed E-state index contributed by atoms with van der Waals surface area (Å²) < 4.78 is 0. The van der Waals surface area contributed by atoms with E-state index >= 15 is 0 Å². The third-order valence-electron chi connectivity index (χ3n) is 6.49. The average molecular weight is 254 g/mol. The Bertz CT molecular complexity index is 363. The Balaban J connectivity index is 1.99. The van der Waals surface area contributed by atoms with Crippen molar-refractivity contribution >= 4 is 0 Å². The van der Waals surface area contributed by atoms with Crippen LogP contribution >= 0.6 is 0 Å². The number of rotatable bonds is 1. The Morgan fingerprint density at radius 2 is 1.56 bits per heavy atom. The fourth-order valence-corrected chi connectivity index (χ4v) is 5.31. The molecule has 0 aliphatic heterocycles. The summed E-state index contributed by atoms with van der Waals surface area (Å²) in [6.07, 6.45) is 3.27. The summed E-state index contributed by atoms with van der Waals surface area (Å²) in [5, 5.41) is 31.0. The van der Waals surface area contributed by atoms with Crippen LogP contribution in [-0.2, 0) is 0 Å². The van der Waals surface area contributed by atoms with Gasteiger partial charge in [0.1, 0.15) is 0 Å². The molecular formula is C15H26O3. The van der Waals surface area contributed by atoms with Crippen molar-refractivity contribution in [2.24, 2.45) is 29.1 Å². The first-order chi connectivity index (χ1) is 8.24. The van der Waals surface area contributed by atoms with E-state index in [2.05, 4.69) is 13.8 Å². The van der Waals surface area contributed by atoms with E-state index in [1.165, 1.54) is 0 Å². The Morgan fingerprint density at radius 3 is 2.17 bits per heavy atom. The zero-order valence-electron chi connectivity index (χ0n) is 11.7. The highest BCUT2D eigenvalue weighted by Crippen LogP contribution is 2.71. The molecule has 0 heterocycles. The molecule has 3 nitrogen and oxygen atoms in total. The van der Waals surface area contributed by atoms with Gasteiger partial charge in [0.05, 0.1) is 17.8 Å². The van der Waals surface area contributed by atoms with E-state index < -0.39 is 11.2 Å². The Labute approximate surface area is 109 Å². The van der Waals surface area contributed by atoms with Gasteiger partial charge in [-0.1, -0.05) is 13.8 Å². The summed E-state index contributed by atoms with van der Waals surface area (Å²) >= 11 is 0. The van der Waals surface area contributed by atoms with Crippen LogP contribution in [0.25, 0.3) is 0 Å². The first-order valence-electron chi connectivity index (χ1n) is 7.30. The van der Waals surface area contributed by atoms with Gasteiger partial charge in [-0.2, -0.15) is 0 Å². The molecule has 6 atom stereocenters. The van der Waals surface area contributed by atoms with Crippen molar-refractivity contribution in [1.82, 2.24) is 0 Å². The van der Waals surface area contributed by atoms with Gasteiger partial charge in [-0.25, -0.2) is 0 Å². The molecule has 0 aromatic heterocycles. The van der Waals surface area contributed by atoms with E-state index in [9.17, 15) is 15.3 Å². The average Bonchev–Trinajstić information content (AvgIpc) is 2.72. The number of hydrogen-bond donors (Lipinski definition) is 3. The fourth-order valence-electron chi connectivity index (χ4n) is 5.31. The largest absolute Gasteiger partial charge is 0.393 e. The predicted octanol–water partition coefficient (Wildman–Crippen LogP) is 1.55. The summed E-state index contributed by atoms with van der Waals surface area (Å²) in [5.74, 6) is 1.34. The summed E-state index contributed by atoms with van der Waals surface area (Å²) in [7, 11) is 0. The minimum Gasteiger partial charge on any atom is -0.393 e. The molecule has 0 aromatic carbocycles. The van der Waals surface area contributed by atoms with Crippen LogP contribution in [0, 0.1) is 29.1 Å². The summed E-state index contributed by atoms with van der Waals surface area (Å²) in [6.45, 7) is 6.34. The number of aliphatic hydroxyl groups excluding tert-OH is 1. The molecule has 104 valence electrons. The highest BCUT2D eigenvalue weighted by atomic mass is 16.3. The number of aliphatic hydroxyl groups is 3. The Morgan fingerprint density at radius 1 is 0.944 bits per heavy atom. The van der Waals surface area contributed by atoms with E-state index in [0.29, 0.717) is 23.7 Å². The van der Waals surface area contributed by atoms with Crippen LogP contribution in [0.1, 0.15) is 46.5 Å². The molecular weight excluding hydrogens is 228 g/mol. The normalized spacial score (nSPS) is 57.7. The maximum atomic E-state index is 10.7. The van der Waals surface area contributed by atoms with Gasteiger partial charge >= 0.3 is 0 Å². The van der Waals surface area contributed by atoms with Gasteiger partial charge in [0.15, 0.2) is 0 Å². The lowest BCUT2D eigenvalue weighted by Crippen LogP contribution is -2.47. The smallest absolute Gasteiger partial charge is 0.0909 e. The SMILES string of the molecule is CC1(O)CCC2C1C1C(CCC2(O)CO)C1(C)C. The van der Waals surface area contributed by atoms with Crippen LogP contribution in [-0.4, -0.2) is 33.1 Å². The molecule has 3 aliphatic rings. The lowest BCUT2D eigenvalue weighted by molar-refractivity contribution is -0.101. The molecule has 3 fully saturated rings. The summed E-state index contributed by atoms with van der Waals surface area (Å²) in [6, 6.07) is 0. The van der Waals surface area contributed by atoms with E-state index in [1.54, 1.807) is 0 Å². The molecule has 3 N–H and O–H groups in total. The first kappa shape index (κ1) is 12.9. The van der Waals surface area contributed by atoms with E-state index in [4.69, 9.17) is 0 Å². The second-order valence-corrected chi connectivity index (χ2v) is 7.78. The minimum absolute atomic E-state index is 0.0641. The molecule has 3 rings (SSSR count). The van der Waals surface area contributed by atoms with Gasteiger partial charge in [-0.15, -0.1) is 0 Å². The van der Waals surface area contributed by atoms with E-state index in [0.717, 1.165) is 19.3 Å². The fraction of sp³-hybridized carbons (Fsp3) is 1.00. The van der Waals surface area contributed by atoms with Crippen molar-refractivity contribution in [3.8, 4) is 0 Å². The zero-order valence-corrected chi connectivity index (χ0v) is 11.7. The van der Waals surface area contributed by atoms with Gasteiger partial charge in [0.25, 0.3) is 0 Å². The molecule has 0 saturated heterocycles. The molecule has 0 amide bonds. The lowest BCUT2D eigenvalue weighted by Gasteiger charge is -2.39. The monoisotopic (exact) mass is 254 g/mol. The van der Waals surface area contributed by atoms with Crippen LogP contribution in [0.5, 0.6) is 0 Å². The van der Waals surface area contributed by atoms with Gasteiger partial charge in [0.2, 0.25) is 0 Å². The molecule has 3 saturated carbocycles.